The first kappa shape index (κ1) is 27.4. The molecule has 0 aromatic heterocycles. The van der Waals surface area contributed by atoms with Crippen molar-refractivity contribution in [3.63, 3.8) is 0 Å². The molecule has 0 aliphatic carbocycles. The highest BCUT2D eigenvalue weighted by atomic mass is 16.6. The first-order valence-corrected chi connectivity index (χ1v) is 11.9. The van der Waals surface area contributed by atoms with Gasteiger partial charge < -0.3 is 19.7 Å². The molecule has 0 radical (unpaired) electrons. The molecular formula is C26H40O7. The van der Waals surface area contributed by atoms with Crippen LogP contribution >= 0.6 is 0 Å². The van der Waals surface area contributed by atoms with Gasteiger partial charge >= 0.3 is 5.97 Å². The van der Waals surface area contributed by atoms with E-state index in [-0.39, 0.29) is 18.3 Å². The van der Waals surface area contributed by atoms with Gasteiger partial charge in [0.15, 0.2) is 11.9 Å². The molecule has 0 aromatic rings. The van der Waals surface area contributed by atoms with Crippen molar-refractivity contribution in [1.82, 2.24) is 0 Å². The molecule has 7 heteroatoms. The minimum absolute atomic E-state index is 0.0759. The molecule has 7 nitrogen and oxygen atoms in total. The normalized spacial score (nSPS) is 38.2. The van der Waals surface area contributed by atoms with E-state index in [0.29, 0.717) is 19.3 Å². The van der Waals surface area contributed by atoms with Crippen LogP contribution in [-0.4, -0.2) is 57.8 Å². The van der Waals surface area contributed by atoms with Gasteiger partial charge in [0.25, 0.3) is 0 Å². The lowest BCUT2D eigenvalue weighted by Gasteiger charge is -2.36. The number of rotatable bonds is 3. The molecule has 1 fully saturated rings. The summed E-state index contributed by atoms with van der Waals surface area (Å²) in [6, 6.07) is 0. The van der Waals surface area contributed by atoms with Crippen molar-refractivity contribution in [2.45, 2.75) is 104 Å². The lowest BCUT2D eigenvalue weighted by molar-refractivity contribution is -0.172. The number of Topliss-reactive ketones (excluding diaryl/α,β-unsaturated/α-hetero) is 2. The molecule has 2 heterocycles. The Morgan fingerprint density at radius 2 is 1.85 bits per heavy atom. The van der Waals surface area contributed by atoms with Crippen LogP contribution in [0.1, 0.15) is 74.1 Å². The smallest absolute Gasteiger partial charge is 0.331 e. The van der Waals surface area contributed by atoms with Gasteiger partial charge in [0.1, 0.15) is 12.2 Å². The van der Waals surface area contributed by atoms with Crippen LogP contribution in [0.5, 0.6) is 0 Å². The highest BCUT2D eigenvalue weighted by Crippen LogP contribution is 2.42. The zero-order chi connectivity index (χ0) is 25.1. The molecule has 2 rings (SSSR count). The molecule has 0 amide bonds. The van der Waals surface area contributed by atoms with Crippen molar-refractivity contribution in [2.75, 3.05) is 0 Å². The van der Waals surface area contributed by atoms with Crippen LogP contribution in [0.3, 0.4) is 0 Å². The summed E-state index contributed by atoms with van der Waals surface area (Å²) in [5, 5.41) is 21.6. The molecular weight excluding hydrogens is 424 g/mol. The molecule has 0 spiro atoms. The fourth-order valence-corrected chi connectivity index (χ4v) is 4.45. The highest BCUT2D eigenvalue weighted by Gasteiger charge is 2.51. The van der Waals surface area contributed by atoms with Gasteiger partial charge in [-0.2, -0.15) is 0 Å². The monoisotopic (exact) mass is 464 g/mol. The van der Waals surface area contributed by atoms with Crippen LogP contribution in [0.4, 0.5) is 0 Å². The number of carbonyl (C=O) groups excluding carboxylic acids is 3. The van der Waals surface area contributed by atoms with Gasteiger partial charge in [0.05, 0.1) is 11.7 Å². The number of esters is 1. The first-order valence-electron chi connectivity index (χ1n) is 11.9. The quantitative estimate of drug-likeness (QED) is 0.374. The van der Waals surface area contributed by atoms with Gasteiger partial charge in [-0.3, -0.25) is 9.59 Å². The zero-order valence-electron chi connectivity index (χ0n) is 21.0. The van der Waals surface area contributed by atoms with Gasteiger partial charge in [0.2, 0.25) is 5.78 Å². The average molecular weight is 465 g/mol. The van der Waals surface area contributed by atoms with Crippen LogP contribution < -0.4 is 0 Å². The molecule has 1 saturated heterocycles. The minimum atomic E-state index is -1.52. The van der Waals surface area contributed by atoms with Crippen molar-refractivity contribution < 1.29 is 34.1 Å². The number of carbonyl (C=O) groups is 3. The molecule has 2 aliphatic heterocycles. The average Bonchev–Trinajstić information content (AvgIpc) is 3.17. The van der Waals surface area contributed by atoms with Gasteiger partial charge in [0, 0.05) is 23.3 Å². The second-order valence-corrected chi connectivity index (χ2v) is 10.6. The summed E-state index contributed by atoms with van der Waals surface area (Å²) in [7, 11) is 0. The fraction of sp³-hybridized carbons (Fsp3) is 0.731. The Bertz CT molecular complexity index is 811. The molecule has 7 atom stereocenters. The van der Waals surface area contributed by atoms with Gasteiger partial charge in [-0.05, 0) is 39.5 Å². The topological polar surface area (TPSA) is 110 Å². The molecule has 2 bridgehead atoms. The van der Waals surface area contributed by atoms with E-state index in [1.54, 1.807) is 33.8 Å². The Morgan fingerprint density at radius 3 is 2.45 bits per heavy atom. The molecule has 2 aliphatic rings. The number of hydrogen-bond donors (Lipinski definition) is 2. The van der Waals surface area contributed by atoms with E-state index in [4.69, 9.17) is 9.47 Å². The van der Waals surface area contributed by atoms with Gasteiger partial charge in [-0.25, -0.2) is 4.79 Å². The summed E-state index contributed by atoms with van der Waals surface area (Å²) in [4.78, 5) is 38.6. The lowest BCUT2D eigenvalue weighted by atomic mass is 9.83. The van der Waals surface area contributed by atoms with Crippen LogP contribution in [0, 0.1) is 17.3 Å². The van der Waals surface area contributed by atoms with E-state index in [1.165, 1.54) is 6.08 Å². The van der Waals surface area contributed by atoms with Gasteiger partial charge in [-0.15, -0.1) is 0 Å². The lowest BCUT2D eigenvalue weighted by Crippen LogP contribution is -2.52. The van der Waals surface area contributed by atoms with E-state index in [2.05, 4.69) is 0 Å². The zero-order valence-corrected chi connectivity index (χ0v) is 21.0. The summed E-state index contributed by atoms with van der Waals surface area (Å²) in [6.07, 6.45) is 2.22. The Morgan fingerprint density at radius 1 is 1.21 bits per heavy atom. The SMILES string of the molecule is CCC(C)=CC(=O)OC1C(=O)C(O)C2(C)CCC(O2)C(C)(C)C=CC(C)C(=O)C(O)CC1C. The van der Waals surface area contributed by atoms with Crippen molar-refractivity contribution in [3.05, 3.63) is 23.8 Å². The van der Waals surface area contributed by atoms with Crippen LogP contribution in [0.2, 0.25) is 0 Å². The Balaban J connectivity index is 2.46. The summed E-state index contributed by atoms with van der Waals surface area (Å²) in [6.45, 7) is 12.7. The number of aliphatic hydroxyl groups is 2. The first-order chi connectivity index (χ1) is 15.2. The predicted octanol–water partition coefficient (Wildman–Crippen LogP) is 3.31. The van der Waals surface area contributed by atoms with Crippen molar-refractivity contribution in [1.29, 1.82) is 0 Å². The Kier molecular flexibility index (Phi) is 8.82. The fourth-order valence-electron chi connectivity index (χ4n) is 4.45. The van der Waals surface area contributed by atoms with E-state index < -0.39 is 52.9 Å². The summed E-state index contributed by atoms with van der Waals surface area (Å²) in [5.41, 5.74) is -0.795. The Labute approximate surface area is 197 Å². The molecule has 0 saturated carbocycles. The largest absolute Gasteiger partial charge is 0.451 e. The third-order valence-corrected chi connectivity index (χ3v) is 7.14. The third-order valence-electron chi connectivity index (χ3n) is 7.14. The molecule has 33 heavy (non-hydrogen) atoms. The van der Waals surface area contributed by atoms with Crippen molar-refractivity contribution in [3.8, 4) is 0 Å². The summed E-state index contributed by atoms with van der Waals surface area (Å²) < 4.78 is 11.7. The number of fused-ring (bicyclic) bond motifs is 2. The maximum atomic E-state index is 13.4. The maximum Gasteiger partial charge on any atom is 0.331 e. The van der Waals surface area contributed by atoms with Crippen LogP contribution in [0.15, 0.2) is 23.8 Å². The number of aliphatic hydroxyl groups excluding tert-OH is 2. The van der Waals surface area contributed by atoms with E-state index >= 15 is 0 Å². The number of ketones is 2. The second-order valence-electron chi connectivity index (χ2n) is 10.6. The minimum Gasteiger partial charge on any atom is -0.451 e. The van der Waals surface area contributed by atoms with E-state index in [9.17, 15) is 24.6 Å². The van der Waals surface area contributed by atoms with Crippen LogP contribution in [-0.2, 0) is 23.9 Å². The summed E-state index contributed by atoms with van der Waals surface area (Å²) in [5.74, 6) is -2.97. The predicted molar refractivity (Wildman–Crippen MR) is 124 cm³/mol. The van der Waals surface area contributed by atoms with E-state index in [0.717, 1.165) is 5.57 Å². The highest BCUT2D eigenvalue weighted by molar-refractivity contribution is 5.92. The van der Waals surface area contributed by atoms with Crippen LogP contribution in [0.25, 0.3) is 0 Å². The maximum absolute atomic E-state index is 13.4. The molecule has 0 aromatic carbocycles. The number of allylic oxidation sites excluding steroid dienone is 2. The second kappa shape index (κ2) is 10.6. The van der Waals surface area contributed by atoms with Crippen molar-refractivity contribution in [2.24, 2.45) is 17.3 Å². The number of ether oxygens (including phenoxy) is 2. The molecule has 2 N–H and O–H groups in total. The third kappa shape index (κ3) is 6.40. The van der Waals surface area contributed by atoms with E-state index in [1.807, 2.05) is 26.8 Å². The number of hydrogen-bond acceptors (Lipinski definition) is 7. The van der Waals surface area contributed by atoms with Crippen molar-refractivity contribution >= 4 is 17.5 Å². The standard InChI is InChI=1S/C26H40O7/c1-8-15(2)13-20(28)32-23-17(4)14-18(27)21(29)16(3)9-11-25(5,6)19-10-12-26(7,33-19)24(31)22(23)30/h9,11,13,16-19,23-24,27,31H,8,10,12,14H2,1-7H3. The Hall–Kier alpha value is -1.83. The molecule has 7 unspecified atom stereocenters. The molecule has 186 valence electrons. The summed E-state index contributed by atoms with van der Waals surface area (Å²) >= 11 is 0. The van der Waals surface area contributed by atoms with Gasteiger partial charge in [-0.1, -0.05) is 52.3 Å².